The number of nitrogens with zero attached hydrogens (tertiary/aromatic N) is 3. The van der Waals surface area contributed by atoms with Gasteiger partial charge in [0.25, 0.3) is 5.69 Å². The molecule has 14 heavy (non-hydrogen) atoms. The zero-order valence-electron chi connectivity index (χ0n) is 7.31. The molecule has 68 valence electrons. The van der Waals surface area contributed by atoms with E-state index in [0.717, 1.165) is 6.20 Å². The fourth-order valence-electron chi connectivity index (χ4n) is 0.878. The number of nitriles is 1. The molecule has 1 rings (SSSR count). The lowest BCUT2D eigenvalue weighted by Gasteiger charge is -1.95. The molecule has 5 heteroatoms. The Kier molecular flexibility index (Phi) is 2.78. The first-order valence-electron chi connectivity index (χ1n) is 3.66. The number of rotatable bonds is 1. The van der Waals surface area contributed by atoms with Crippen molar-refractivity contribution in [1.82, 2.24) is 4.98 Å². The fraction of sp³-hybridized carbons (Fsp3) is 0.111. The van der Waals surface area contributed by atoms with Crippen LogP contribution in [0.5, 0.6) is 0 Å². The Morgan fingerprint density at radius 1 is 1.64 bits per heavy atom. The second kappa shape index (κ2) is 4.01. The molecule has 0 amide bonds. The molecule has 0 radical (unpaired) electrons. The van der Waals surface area contributed by atoms with E-state index >= 15 is 0 Å². The Balaban J connectivity index is 3.15. The van der Waals surface area contributed by atoms with Gasteiger partial charge < -0.3 is 0 Å². The van der Waals surface area contributed by atoms with Gasteiger partial charge in [0, 0.05) is 12.0 Å². The Morgan fingerprint density at radius 2 is 2.36 bits per heavy atom. The van der Waals surface area contributed by atoms with Crippen LogP contribution in [0, 0.1) is 40.2 Å². The number of pyridine rings is 1. The third-order valence-electron chi connectivity index (χ3n) is 1.51. The number of hydrogen-bond donors (Lipinski definition) is 0. The number of hydrogen-bond acceptors (Lipinski definition) is 4. The summed E-state index contributed by atoms with van der Waals surface area (Å²) in [5.41, 5.74) is 0.893. The van der Waals surface area contributed by atoms with Crippen molar-refractivity contribution in [2.75, 3.05) is 0 Å². The Morgan fingerprint density at radius 3 is 2.86 bits per heavy atom. The summed E-state index contributed by atoms with van der Waals surface area (Å²) in [5, 5.41) is 18.6. The van der Waals surface area contributed by atoms with E-state index in [4.69, 9.17) is 5.26 Å². The molecule has 0 atom stereocenters. The van der Waals surface area contributed by atoms with Gasteiger partial charge in [0.05, 0.1) is 4.92 Å². The number of aromatic nitrogens is 1. The summed E-state index contributed by atoms with van der Waals surface area (Å²) in [5.74, 6) is 4.66. The highest BCUT2D eigenvalue weighted by Gasteiger charge is 2.07. The van der Waals surface area contributed by atoms with Gasteiger partial charge >= 0.3 is 0 Å². The van der Waals surface area contributed by atoms with Crippen molar-refractivity contribution in [2.45, 2.75) is 6.92 Å². The molecule has 1 heterocycles. The van der Waals surface area contributed by atoms with Crippen LogP contribution < -0.4 is 0 Å². The normalized spacial score (nSPS) is 8.29. The Hall–Kier alpha value is -2.40. The van der Waals surface area contributed by atoms with Crippen LogP contribution in [0.4, 0.5) is 5.69 Å². The molecule has 0 spiro atoms. The predicted molar refractivity (Wildman–Crippen MR) is 48.1 cm³/mol. The van der Waals surface area contributed by atoms with Gasteiger partial charge in [-0.2, -0.15) is 5.26 Å². The summed E-state index contributed by atoms with van der Waals surface area (Å²) in [7, 11) is 0. The van der Waals surface area contributed by atoms with Gasteiger partial charge in [-0.15, -0.1) is 0 Å². The van der Waals surface area contributed by atoms with E-state index in [1.54, 1.807) is 13.0 Å². The monoisotopic (exact) mass is 187 g/mol. The van der Waals surface area contributed by atoms with Gasteiger partial charge in [0.1, 0.15) is 11.9 Å². The lowest BCUT2D eigenvalue weighted by Crippen LogP contribution is -1.93. The zero-order chi connectivity index (χ0) is 10.6. The molecule has 1 aromatic heterocycles. The molecule has 0 unspecified atom stereocenters. The standard InChI is InChI=1S/C9H5N3O2/c1-7-5-8(12(13)14)6-11-9(7)3-2-4-10/h5-6H,1H3. The van der Waals surface area contributed by atoms with Crippen molar-refractivity contribution in [2.24, 2.45) is 0 Å². The van der Waals surface area contributed by atoms with E-state index in [1.165, 1.54) is 6.07 Å². The van der Waals surface area contributed by atoms with Crippen LogP contribution in [0.3, 0.4) is 0 Å². The van der Waals surface area contributed by atoms with Gasteiger partial charge in [-0.3, -0.25) is 10.1 Å². The molecule has 0 bridgehead atoms. The van der Waals surface area contributed by atoms with Crippen molar-refractivity contribution in [3.05, 3.63) is 33.6 Å². The highest BCUT2D eigenvalue weighted by molar-refractivity contribution is 5.42. The van der Waals surface area contributed by atoms with E-state index < -0.39 is 4.92 Å². The Bertz CT molecular complexity index is 477. The van der Waals surface area contributed by atoms with Gasteiger partial charge in [-0.25, -0.2) is 4.98 Å². The topological polar surface area (TPSA) is 79.8 Å². The second-order valence-corrected chi connectivity index (χ2v) is 2.48. The molecule has 0 fully saturated rings. The Labute approximate surface area is 80.2 Å². The maximum Gasteiger partial charge on any atom is 0.287 e. The van der Waals surface area contributed by atoms with E-state index in [9.17, 15) is 10.1 Å². The van der Waals surface area contributed by atoms with Crippen molar-refractivity contribution >= 4 is 5.69 Å². The maximum atomic E-state index is 10.4. The number of aryl methyl sites for hydroxylation is 1. The van der Waals surface area contributed by atoms with Crippen LogP contribution in [-0.2, 0) is 0 Å². The fourth-order valence-corrected chi connectivity index (χ4v) is 0.878. The molecule has 0 aliphatic heterocycles. The summed E-state index contributed by atoms with van der Waals surface area (Å²) in [6, 6.07) is 3.02. The minimum absolute atomic E-state index is 0.0787. The third kappa shape index (κ3) is 2.05. The molecule has 0 N–H and O–H groups in total. The lowest BCUT2D eigenvalue weighted by atomic mass is 10.2. The van der Waals surface area contributed by atoms with Crippen molar-refractivity contribution in [3.8, 4) is 17.9 Å². The molecular formula is C9H5N3O2. The van der Waals surface area contributed by atoms with Gasteiger partial charge in [0.15, 0.2) is 6.07 Å². The highest BCUT2D eigenvalue weighted by atomic mass is 16.6. The van der Waals surface area contributed by atoms with Gasteiger partial charge in [-0.1, -0.05) is 0 Å². The average molecular weight is 187 g/mol. The second-order valence-electron chi connectivity index (χ2n) is 2.48. The summed E-state index contributed by atoms with van der Waals surface area (Å²) in [6.45, 7) is 1.65. The van der Waals surface area contributed by atoms with E-state index in [1.807, 2.05) is 0 Å². The van der Waals surface area contributed by atoms with Crippen molar-refractivity contribution < 1.29 is 4.92 Å². The minimum atomic E-state index is -0.526. The highest BCUT2D eigenvalue weighted by Crippen LogP contribution is 2.13. The van der Waals surface area contributed by atoms with Gasteiger partial charge in [-0.05, 0) is 18.4 Å². The zero-order valence-corrected chi connectivity index (χ0v) is 7.31. The first-order chi connectivity index (χ1) is 6.65. The molecule has 0 aliphatic rings. The third-order valence-corrected chi connectivity index (χ3v) is 1.51. The SMILES string of the molecule is Cc1cc([N+](=O)[O-])cnc1C#CC#N. The molecule has 0 saturated carbocycles. The molecule has 5 nitrogen and oxygen atoms in total. The van der Waals surface area contributed by atoms with Crippen LogP contribution in [0.1, 0.15) is 11.3 Å². The van der Waals surface area contributed by atoms with E-state index in [0.29, 0.717) is 11.3 Å². The average Bonchev–Trinajstić information content (AvgIpc) is 2.15. The molecule has 1 aromatic rings. The summed E-state index contributed by atoms with van der Waals surface area (Å²) < 4.78 is 0. The van der Waals surface area contributed by atoms with E-state index in [2.05, 4.69) is 16.8 Å². The minimum Gasteiger partial charge on any atom is -0.258 e. The van der Waals surface area contributed by atoms with Crippen LogP contribution in [0.25, 0.3) is 0 Å². The maximum absolute atomic E-state index is 10.4. The largest absolute Gasteiger partial charge is 0.287 e. The van der Waals surface area contributed by atoms with Crippen molar-refractivity contribution in [3.63, 3.8) is 0 Å². The summed E-state index contributed by atoms with van der Waals surface area (Å²) in [4.78, 5) is 13.6. The quantitative estimate of drug-likeness (QED) is 0.375. The molecule has 0 aromatic carbocycles. The smallest absolute Gasteiger partial charge is 0.258 e. The molecule has 0 saturated heterocycles. The lowest BCUT2D eigenvalue weighted by molar-refractivity contribution is -0.385. The first kappa shape index (κ1) is 9.69. The van der Waals surface area contributed by atoms with Crippen molar-refractivity contribution in [1.29, 1.82) is 5.26 Å². The van der Waals surface area contributed by atoms with Crippen LogP contribution >= 0.6 is 0 Å². The first-order valence-corrected chi connectivity index (χ1v) is 3.66. The van der Waals surface area contributed by atoms with Crippen LogP contribution in [0.15, 0.2) is 12.3 Å². The molecular weight excluding hydrogens is 182 g/mol. The molecule has 0 aliphatic carbocycles. The van der Waals surface area contributed by atoms with Gasteiger partial charge in [0.2, 0.25) is 0 Å². The summed E-state index contributed by atoms with van der Waals surface area (Å²) in [6.07, 6.45) is 1.12. The predicted octanol–water partition coefficient (Wildman–Crippen LogP) is 1.17. The van der Waals surface area contributed by atoms with Crippen LogP contribution in [-0.4, -0.2) is 9.91 Å². The van der Waals surface area contributed by atoms with E-state index in [-0.39, 0.29) is 5.69 Å². The summed E-state index contributed by atoms with van der Waals surface area (Å²) >= 11 is 0. The number of nitro groups is 1. The van der Waals surface area contributed by atoms with Crippen LogP contribution in [0.2, 0.25) is 0 Å².